The predicted octanol–water partition coefficient (Wildman–Crippen LogP) is 7.93. The lowest BCUT2D eigenvalue weighted by Gasteiger charge is -2.14. The minimum Gasteiger partial charge on any atom is -0.494 e. The van der Waals surface area contributed by atoms with Crippen LogP contribution in [0.1, 0.15) is 25.3 Å². The van der Waals surface area contributed by atoms with Crippen LogP contribution in [0.15, 0.2) is 91.0 Å². The zero-order chi connectivity index (χ0) is 29.4. The molecule has 0 amide bonds. The Bertz CT molecular complexity index is 1340. The van der Waals surface area contributed by atoms with Crippen molar-refractivity contribution in [1.82, 2.24) is 0 Å². The van der Waals surface area contributed by atoms with Crippen molar-refractivity contribution in [3.05, 3.63) is 102 Å². The molecule has 0 aliphatic rings. The van der Waals surface area contributed by atoms with Gasteiger partial charge >= 0.3 is 0 Å². The number of ether oxygens (including phenoxy) is 6. The first kappa shape index (κ1) is 31.0. The van der Waals surface area contributed by atoms with Crippen molar-refractivity contribution in [2.45, 2.75) is 26.4 Å². The van der Waals surface area contributed by atoms with Gasteiger partial charge in [-0.2, -0.15) is 0 Å². The maximum Gasteiger partial charge on any atom is 0.189 e. The van der Waals surface area contributed by atoms with Gasteiger partial charge in [0.15, 0.2) is 18.4 Å². The van der Waals surface area contributed by atoms with Crippen LogP contribution in [0, 0.1) is 5.82 Å². The molecule has 4 aromatic rings. The second-order valence-corrected chi connectivity index (χ2v) is 9.67. The minimum absolute atomic E-state index is 0.0756. The lowest BCUT2D eigenvalue weighted by Crippen LogP contribution is -2.07. The van der Waals surface area contributed by atoms with Gasteiger partial charge in [0.1, 0.15) is 11.5 Å². The summed E-state index contributed by atoms with van der Waals surface area (Å²) in [5.41, 5.74) is 4.55. The Morgan fingerprint density at radius 3 is 2.10 bits per heavy atom. The van der Waals surface area contributed by atoms with Crippen molar-refractivity contribution < 1.29 is 32.8 Å². The van der Waals surface area contributed by atoms with Gasteiger partial charge in [0.25, 0.3) is 0 Å². The molecule has 0 atom stereocenters. The highest BCUT2D eigenvalue weighted by Gasteiger charge is 2.11. The smallest absolute Gasteiger partial charge is 0.189 e. The molecule has 4 rings (SSSR count). The van der Waals surface area contributed by atoms with Crippen molar-refractivity contribution in [3.8, 4) is 39.5 Å². The third-order valence-electron chi connectivity index (χ3n) is 6.38. The molecule has 0 saturated carbocycles. The van der Waals surface area contributed by atoms with Crippen LogP contribution >= 0.6 is 0 Å². The molecule has 0 aliphatic carbocycles. The fourth-order valence-corrected chi connectivity index (χ4v) is 4.19. The van der Waals surface area contributed by atoms with Crippen LogP contribution in [0.4, 0.5) is 4.39 Å². The van der Waals surface area contributed by atoms with Crippen LogP contribution in [-0.4, -0.2) is 46.9 Å². The second-order valence-electron chi connectivity index (χ2n) is 9.67. The summed E-state index contributed by atoms with van der Waals surface area (Å²) in [5.74, 6) is 1.22. The lowest BCUT2D eigenvalue weighted by atomic mass is 9.98. The molecule has 0 bridgehead atoms. The van der Waals surface area contributed by atoms with E-state index in [9.17, 15) is 0 Å². The second kappa shape index (κ2) is 17.1. The summed E-state index contributed by atoms with van der Waals surface area (Å²) in [5, 5.41) is 0. The first-order valence-corrected chi connectivity index (χ1v) is 14.3. The lowest BCUT2D eigenvalue weighted by molar-refractivity contribution is -0.00842. The van der Waals surface area contributed by atoms with Gasteiger partial charge in [0.05, 0.1) is 39.6 Å². The summed E-state index contributed by atoms with van der Waals surface area (Å²) >= 11 is 0. The summed E-state index contributed by atoms with van der Waals surface area (Å²) in [6, 6.07) is 28.7. The maximum absolute atomic E-state index is 15.1. The van der Waals surface area contributed by atoms with Crippen molar-refractivity contribution in [3.63, 3.8) is 0 Å². The van der Waals surface area contributed by atoms with Crippen LogP contribution < -0.4 is 14.2 Å². The number of halogens is 1. The van der Waals surface area contributed by atoms with E-state index >= 15 is 4.39 Å². The standard InChI is InChI=1S/C35H39FO6/c1-3-16-40-32-13-10-28(11-14-32)30-21-31(23-33(22-30)42-26-39-20-19-37-2)29-12-15-35(34(36)24-29)41-18-7-17-38-25-27-8-5-4-6-9-27/h4-6,8-15,21-24H,3,7,16-20,25-26H2,1-2H3. The highest BCUT2D eigenvalue weighted by Crippen LogP contribution is 2.34. The van der Waals surface area contributed by atoms with Gasteiger partial charge in [0.2, 0.25) is 0 Å². The molecule has 0 radical (unpaired) electrons. The highest BCUT2D eigenvalue weighted by atomic mass is 19.1. The topological polar surface area (TPSA) is 55.4 Å². The van der Waals surface area contributed by atoms with E-state index in [1.807, 2.05) is 78.9 Å². The van der Waals surface area contributed by atoms with E-state index in [1.165, 1.54) is 6.07 Å². The number of benzene rings is 4. The quantitative estimate of drug-likeness (QED) is 0.0889. The first-order valence-electron chi connectivity index (χ1n) is 14.3. The molecule has 0 fully saturated rings. The monoisotopic (exact) mass is 574 g/mol. The van der Waals surface area contributed by atoms with E-state index in [0.717, 1.165) is 34.4 Å². The van der Waals surface area contributed by atoms with Crippen LogP contribution in [0.5, 0.6) is 17.2 Å². The first-order chi connectivity index (χ1) is 20.7. The van der Waals surface area contributed by atoms with Crippen molar-refractivity contribution >= 4 is 0 Å². The molecule has 4 aromatic carbocycles. The summed E-state index contributed by atoms with van der Waals surface area (Å²) in [4.78, 5) is 0. The Morgan fingerprint density at radius 1 is 0.595 bits per heavy atom. The zero-order valence-corrected chi connectivity index (χ0v) is 24.4. The average Bonchev–Trinajstić information content (AvgIpc) is 3.03. The molecule has 7 heteroatoms. The van der Waals surface area contributed by atoms with Gasteiger partial charge in [-0.15, -0.1) is 0 Å². The molecular weight excluding hydrogens is 535 g/mol. The summed E-state index contributed by atoms with van der Waals surface area (Å²) < 4.78 is 48.6. The maximum atomic E-state index is 15.1. The van der Waals surface area contributed by atoms with E-state index in [2.05, 4.69) is 6.92 Å². The largest absolute Gasteiger partial charge is 0.494 e. The Balaban J connectivity index is 1.42. The number of methoxy groups -OCH3 is 1. The van der Waals surface area contributed by atoms with Crippen LogP contribution in [0.25, 0.3) is 22.3 Å². The van der Waals surface area contributed by atoms with Gasteiger partial charge < -0.3 is 28.4 Å². The SMILES string of the molecule is CCCOc1ccc(-c2cc(OCOCCOC)cc(-c3ccc(OCCCOCc4ccccc4)c(F)c3)c2)cc1. The Labute approximate surface area is 247 Å². The van der Waals surface area contributed by atoms with Gasteiger partial charge in [-0.25, -0.2) is 4.39 Å². The van der Waals surface area contributed by atoms with Crippen LogP contribution in [0.3, 0.4) is 0 Å². The van der Waals surface area contributed by atoms with Crippen LogP contribution in [0.2, 0.25) is 0 Å². The van der Waals surface area contributed by atoms with E-state index in [-0.39, 0.29) is 12.5 Å². The Morgan fingerprint density at radius 2 is 1.36 bits per heavy atom. The summed E-state index contributed by atoms with van der Waals surface area (Å²) in [6.45, 7) is 5.17. The summed E-state index contributed by atoms with van der Waals surface area (Å²) in [6.07, 6.45) is 1.60. The van der Waals surface area contributed by atoms with Gasteiger partial charge in [-0.1, -0.05) is 55.5 Å². The van der Waals surface area contributed by atoms with Crippen molar-refractivity contribution in [2.24, 2.45) is 0 Å². The third kappa shape index (κ3) is 9.87. The van der Waals surface area contributed by atoms with Gasteiger partial charge in [0, 0.05) is 13.5 Å². The number of rotatable bonds is 18. The van der Waals surface area contributed by atoms with Gasteiger partial charge in [-0.05, 0) is 76.7 Å². The molecule has 0 saturated heterocycles. The number of hydrogen-bond acceptors (Lipinski definition) is 6. The highest BCUT2D eigenvalue weighted by molar-refractivity contribution is 5.75. The molecule has 6 nitrogen and oxygen atoms in total. The van der Waals surface area contributed by atoms with Crippen molar-refractivity contribution in [1.29, 1.82) is 0 Å². The number of hydrogen-bond donors (Lipinski definition) is 0. The fourth-order valence-electron chi connectivity index (χ4n) is 4.19. The summed E-state index contributed by atoms with van der Waals surface area (Å²) in [7, 11) is 1.62. The van der Waals surface area contributed by atoms with E-state index in [1.54, 1.807) is 13.2 Å². The molecule has 0 unspecified atom stereocenters. The third-order valence-corrected chi connectivity index (χ3v) is 6.38. The Kier molecular flexibility index (Phi) is 12.7. The van der Waals surface area contributed by atoms with Crippen molar-refractivity contribution in [2.75, 3.05) is 46.9 Å². The predicted molar refractivity (Wildman–Crippen MR) is 163 cm³/mol. The molecular formula is C35H39FO6. The van der Waals surface area contributed by atoms with E-state index in [4.69, 9.17) is 28.4 Å². The molecule has 0 N–H and O–H groups in total. The molecule has 0 aromatic heterocycles. The van der Waals surface area contributed by atoms with Crippen LogP contribution in [-0.2, 0) is 20.8 Å². The fraction of sp³-hybridized carbons (Fsp3) is 0.314. The normalized spacial score (nSPS) is 10.9. The van der Waals surface area contributed by atoms with E-state index < -0.39 is 5.82 Å². The minimum atomic E-state index is -0.425. The zero-order valence-electron chi connectivity index (χ0n) is 24.4. The molecule has 222 valence electrons. The van der Waals surface area contributed by atoms with Gasteiger partial charge in [-0.3, -0.25) is 0 Å². The molecule has 0 heterocycles. The molecule has 0 aliphatic heterocycles. The Hall–Kier alpha value is -3.91. The molecule has 42 heavy (non-hydrogen) atoms. The van der Waals surface area contributed by atoms with E-state index in [0.29, 0.717) is 57.4 Å². The molecule has 0 spiro atoms. The average molecular weight is 575 g/mol.